The maximum absolute atomic E-state index is 4.48. The van der Waals surface area contributed by atoms with E-state index in [4.69, 9.17) is 0 Å². The number of hydrogen-bond donors (Lipinski definition) is 2. The summed E-state index contributed by atoms with van der Waals surface area (Å²) in [4.78, 5) is 12.7. The lowest BCUT2D eigenvalue weighted by molar-refractivity contribution is 0.219. The van der Waals surface area contributed by atoms with Gasteiger partial charge in [-0.3, -0.25) is 9.89 Å². The van der Waals surface area contributed by atoms with Crippen molar-refractivity contribution >= 4 is 52.6 Å². The van der Waals surface area contributed by atoms with Gasteiger partial charge in [-0.2, -0.15) is 11.3 Å². The molecule has 2 aromatic heterocycles. The van der Waals surface area contributed by atoms with Crippen molar-refractivity contribution in [2.45, 2.75) is 39.7 Å². The summed E-state index contributed by atoms with van der Waals surface area (Å²) in [7, 11) is 1.82. The molecule has 0 radical (unpaired) electrons. The number of thiazole rings is 1. The van der Waals surface area contributed by atoms with Crippen LogP contribution in [0.5, 0.6) is 0 Å². The van der Waals surface area contributed by atoms with Gasteiger partial charge in [0.1, 0.15) is 0 Å². The van der Waals surface area contributed by atoms with Crippen LogP contribution >= 0.6 is 46.7 Å². The molecule has 0 bridgehead atoms. The van der Waals surface area contributed by atoms with Gasteiger partial charge in [0.05, 0.1) is 11.0 Å². The van der Waals surface area contributed by atoms with Crippen molar-refractivity contribution in [1.29, 1.82) is 0 Å². The molecule has 2 N–H and O–H groups in total. The third kappa shape index (κ3) is 7.67. The number of thiophene rings is 1. The largest absolute Gasteiger partial charge is 0.356 e. The van der Waals surface area contributed by atoms with E-state index in [1.807, 2.05) is 13.2 Å². The van der Waals surface area contributed by atoms with E-state index in [0.717, 1.165) is 45.0 Å². The standard InChI is InChI=1S/C19H31N5S2.HI/c1-5-16-12-22-18(26-16)8-10-21-19(20-4)23-13-17(24(6-2)7-3)15-9-11-25-14-15;/h9,11-12,14,17H,5-8,10,13H2,1-4H3,(H2,20,21,23);1H. The molecule has 5 nitrogen and oxygen atoms in total. The molecule has 152 valence electrons. The second-order valence-corrected chi connectivity index (χ2v) is 7.98. The number of likely N-dealkylation sites (N-methyl/N-ethyl adjacent to an activating group) is 1. The van der Waals surface area contributed by atoms with Crippen LogP contribution < -0.4 is 10.6 Å². The Morgan fingerprint density at radius 1 is 1.26 bits per heavy atom. The van der Waals surface area contributed by atoms with E-state index in [9.17, 15) is 0 Å². The summed E-state index contributed by atoms with van der Waals surface area (Å²) in [5.41, 5.74) is 1.37. The Morgan fingerprint density at radius 2 is 2.04 bits per heavy atom. The number of guanidine groups is 1. The predicted molar refractivity (Wildman–Crippen MR) is 130 cm³/mol. The lowest BCUT2D eigenvalue weighted by atomic mass is 10.1. The summed E-state index contributed by atoms with van der Waals surface area (Å²) < 4.78 is 0. The quantitative estimate of drug-likeness (QED) is 0.280. The zero-order valence-corrected chi connectivity index (χ0v) is 20.7. The molecule has 0 spiro atoms. The molecule has 0 aliphatic rings. The Labute approximate surface area is 188 Å². The van der Waals surface area contributed by atoms with Gasteiger partial charge in [0.15, 0.2) is 5.96 Å². The Hall–Kier alpha value is -0.710. The Morgan fingerprint density at radius 3 is 2.59 bits per heavy atom. The normalized spacial score (nSPS) is 12.7. The van der Waals surface area contributed by atoms with Crippen molar-refractivity contribution in [3.8, 4) is 0 Å². The number of aromatic nitrogens is 1. The van der Waals surface area contributed by atoms with E-state index in [1.54, 1.807) is 22.7 Å². The van der Waals surface area contributed by atoms with Crippen LogP contribution in [0.15, 0.2) is 28.0 Å². The number of hydrogen-bond acceptors (Lipinski definition) is 5. The summed E-state index contributed by atoms with van der Waals surface area (Å²) in [6.45, 7) is 10.4. The first kappa shape index (κ1) is 24.3. The number of rotatable bonds is 10. The summed E-state index contributed by atoms with van der Waals surface area (Å²) in [5, 5.41) is 12.5. The molecule has 8 heteroatoms. The minimum Gasteiger partial charge on any atom is -0.356 e. The topological polar surface area (TPSA) is 52.6 Å². The Balaban J connectivity index is 0.00000364. The predicted octanol–water partition coefficient (Wildman–Crippen LogP) is 4.18. The molecule has 0 aliphatic heterocycles. The van der Waals surface area contributed by atoms with Crippen LogP contribution in [0, 0.1) is 0 Å². The van der Waals surface area contributed by atoms with Crippen LogP contribution in [-0.4, -0.2) is 49.1 Å². The second kappa shape index (κ2) is 13.5. The first-order valence-corrected chi connectivity index (χ1v) is 11.1. The fourth-order valence-corrected chi connectivity index (χ4v) is 4.48. The molecule has 0 amide bonds. The van der Waals surface area contributed by atoms with Gasteiger partial charge >= 0.3 is 0 Å². The van der Waals surface area contributed by atoms with E-state index in [2.05, 4.69) is 63.1 Å². The molecule has 0 fully saturated rings. The van der Waals surface area contributed by atoms with Crippen molar-refractivity contribution in [3.63, 3.8) is 0 Å². The first-order valence-electron chi connectivity index (χ1n) is 9.35. The molecule has 1 unspecified atom stereocenters. The van der Waals surface area contributed by atoms with Crippen LogP contribution in [-0.2, 0) is 12.8 Å². The van der Waals surface area contributed by atoms with Crippen molar-refractivity contribution < 1.29 is 0 Å². The van der Waals surface area contributed by atoms with Crippen LogP contribution in [0.25, 0.3) is 0 Å². The summed E-state index contributed by atoms with van der Waals surface area (Å²) in [5.74, 6) is 0.852. The van der Waals surface area contributed by atoms with Crippen molar-refractivity contribution in [3.05, 3.63) is 38.5 Å². The molecular formula is C19H32IN5S2. The minimum atomic E-state index is 0. The fourth-order valence-electron chi connectivity index (χ4n) is 2.92. The van der Waals surface area contributed by atoms with E-state index in [1.165, 1.54) is 15.4 Å². The fraction of sp³-hybridized carbons (Fsp3) is 0.579. The average Bonchev–Trinajstić information content (AvgIpc) is 3.35. The summed E-state index contributed by atoms with van der Waals surface area (Å²) in [6.07, 6.45) is 3.97. The molecule has 0 saturated heterocycles. The molecule has 2 heterocycles. The van der Waals surface area contributed by atoms with Crippen LogP contribution in [0.3, 0.4) is 0 Å². The van der Waals surface area contributed by atoms with Crippen LogP contribution in [0.1, 0.15) is 42.3 Å². The number of nitrogens with zero attached hydrogens (tertiary/aromatic N) is 3. The third-order valence-electron chi connectivity index (χ3n) is 4.45. The zero-order valence-electron chi connectivity index (χ0n) is 16.7. The van der Waals surface area contributed by atoms with Gasteiger partial charge < -0.3 is 10.6 Å². The molecular weight excluding hydrogens is 489 g/mol. The van der Waals surface area contributed by atoms with Gasteiger partial charge in [-0.25, -0.2) is 4.98 Å². The van der Waals surface area contributed by atoms with Gasteiger partial charge in [0.2, 0.25) is 0 Å². The van der Waals surface area contributed by atoms with Gasteiger partial charge in [-0.05, 0) is 41.9 Å². The highest BCUT2D eigenvalue weighted by Gasteiger charge is 2.18. The van der Waals surface area contributed by atoms with Gasteiger partial charge in [0, 0.05) is 37.6 Å². The maximum Gasteiger partial charge on any atom is 0.191 e. The summed E-state index contributed by atoms with van der Waals surface area (Å²) in [6, 6.07) is 2.58. The third-order valence-corrected chi connectivity index (χ3v) is 6.35. The Bertz CT molecular complexity index is 653. The lowest BCUT2D eigenvalue weighted by Crippen LogP contribution is -2.43. The highest BCUT2D eigenvalue weighted by atomic mass is 127. The van der Waals surface area contributed by atoms with E-state index < -0.39 is 0 Å². The smallest absolute Gasteiger partial charge is 0.191 e. The van der Waals surface area contributed by atoms with Crippen molar-refractivity contribution in [1.82, 2.24) is 20.5 Å². The maximum atomic E-state index is 4.48. The molecule has 27 heavy (non-hydrogen) atoms. The van der Waals surface area contributed by atoms with Crippen molar-refractivity contribution in [2.24, 2.45) is 4.99 Å². The Kier molecular flexibility index (Phi) is 12.1. The van der Waals surface area contributed by atoms with Crippen LogP contribution in [0.4, 0.5) is 0 Å². The van der Waals surface area contributed by atoms with E-state index in [0.29, 0.717) is 6.04 Å². The second-order valence-electron chi connectivity index (χ2n) is 6.00. The minimum absolute atomic E-state index is 0. The number of halogens is 1. The van der Waals surface area contributed by atoms with Gasteiger partial charge in [-0.15, -0.1) is 35.3 Å². The zero-order chi connectivity index (χ0) is 18.8. The van der Waals surface area contributed by atoms with Crippen molar-refractivity contribution in [2.75, 3.05) is 33.2 Å². The molecule has 2 aromatic rings. The average molecular weight is 522 g/mol. The molecule has 0 aliphatic carbocycles. The highest BCUT2D eigenvalue weighted by Crippen LogP contribution is 2.22. The number of nitrogens with one attached hydrogen (secondary N) is 2. The van der Waals surface area contributed by atoms with Crippen LogP contribution in [0.2, 0.25) is 0 Å². The first-order chi connectivity index (χ1) is 12.7. The summed E-state index contributed by atoms with van der Waals surface area (Å²) >= 11 is 3.56. The number of aryl methyl sites for hydroxylation is 1. The van der Waals surface area contributed by atoms with Gasteiger partial charge in [0.25, 0.3) is 0 Å². The highest BCUT2D eigenvalue weighted by molar-refractivity contribution is 14.0. The monoisotopic (exact) mass is 521 g/mol. The van der Waals surface area contributed by atoms with E-state index >= 15 is 0 Å². The molecule has 2 rings (SSSR count). The lowest BCUT2D eigenvalue weighted by Gasteiger charge is -2.30. The number of aliphatic imine (C=N–C) groups is 1. The SMILES string of the molecule is CCc1cnc(CCNC(=NC)NCC(c2ccsc2)N(CC)CC)s1.I. The molecule has 1 atom stereocenters. The molecule has 0 saturated carbocycles. The molecule has 0 aromatic carbocycles. The van der Waals surface area contributed by atoms with Gasteiger partial charge in [-0.1, -0.05) is 20.8 Å². The van der Waals surface area contributed by atoms with E-state index in [-0.39, 0.29) is 24.0 Å².